The van der Waals surface area contributed by atoms with Crippen molar-refractivity contribution < 1.29 is 9.53 Å². The Morgan fingerprint density at radius 2 is 2.00 bits per heavy atom. The predicted octanol–water partition coefficient (Wildman–Crippen LogP) is 3.68. The third-order valence-corrected chi connectivity index (χ3v) is 3.67. The standard InChI is InChI=1S/C16H27NO2Si/c1-16(2,3)19-15(18)17-11-10-14(13-17)9-7-8-12-20(4,5)6/h7,9,14H,10-11,13H2,1-6H3/b9-7+. The van der Waals surface area contributed by atoms with Crippen LogP contribution in [0.1, 0.15) is 27.2 Å². The van der Waals surface area contributed by atoms with Gasteiger partial charge in [0.2, 0.25) is 0 Å². The van der Waals surface area contributed by atoms with E-state index in [1.165, 1.54) is 0 Å². The molecule has 0 aromatic carbocycles. The number of likely N-dealkylation sites (tertiary alicyclic amines) is 1. The van der Waals surface area contributed by atoms with E-state index < -0.39 is 13.7 Å². The molecule has 3 nitrogen and oxygen atoms in total. The Labute approximate surface area is 124 Å². The van der Waals surface area contributed by atoms with E-state index >= 15 is 0 Å². The van der Waals surface area contributed by atoms with E-state index in [9.17, 15) is 4.79 Å². The Bertz CT molecular complexity index is 432. The van der Waals surface area contributed by atoms with Gasteiger partial charge in [0.25, 0.3) is 0 Å². The molecule has 0 bridgehead atoms. The van der Waals surface area contributed by atoms with Crippen molar-refractivity contribution in [2.24, 2.45) is 5.92 Å². The molecule has 1 aliphatic heterocycles. The molecule has 1 saturated heterocycles. The molecular weight excluding hydrogens is 266 g/mol. The van der Waals surface area contributed by atoms with Gasteiger partial charge in [-0.15, -0.1) is 5.54 Å². The minimum Gasteiger partial charge on any atom is -0.444 e. The molecule has 0 aromatic rings. The number of ether oxygens (including phenoxy) is 1. The second kappa shape index (κ2) is 6.49. The van der Waals surface area contributed by atoms with Gasteiger partial charge in [0.15, 0.2) is 0 Å². The van der Waals surface area contributed by atoms with Gasteiger partial charge in [0, 0.05) is 13.1 Å². The number of rotatable bonds is 1. The molecule has 112 valence electrons. The molecular formula is C16H27NO2Si. The van der Waals surface area contributed by atoms with Crippen LogP contribution in [0.25, 0.3) is 0 Å². The Morgan fingerprint density at radius 1 is 1.35 bits per heavy atom. The average molecular weight is 293 g/mol. The number of allylic oxidation sites excluding steroid dienone is 1. The highest BCUT2D eigenvalue weighted by molar-refractivity contribution is 6.83. The molecule has 0 aromatic heterocycles. The topological polar surface area (TPSA) is 29.5 Å². The fraction of sp³-hybridized carbons (Fsp3) is 0.688. The van der Waals surface area contributed by atoms with Crippen molar-refractivity contribution in [1.82, 2.24) is 4.90 Å². The Morgan fingerprint density at radius 3 is 2.55 bits per heavy atom. The summed E-state index contributed by atoms with van der Waals surface area (Å²) in [4.78, 5) is 13.7. The molecule has 4 heteroatoms. The number of amides is 1. The van der Waals surface area contributed by atoms with Crippen LogP contribution < -0.4 is 0 Å². The van der Waals surface area contributed by atoms with E-state index in [1.54, 1.807) is 4.90 Å². The summed E-state index contributed by atoms with van der Waals surface area (Å²) >= 11 is 0. The summed E-state index contributed by atoms with van der Waals surface area (Å²) in [5.74, 6) is 3.53. The zero-order valence-electron chi connectivity index (χ0n) is 13.6. The zero-order valence-corrected chi connectivity index (χ0v) is 14.6. The normalized spacial score (nSPS) is 19.9. The molecule has 1 unspecified atom stereocenters. The summed E-state index contributed by atoms with van der Waals surface area (Å²) in [6.07, 6.45) is 4.85. The van der Waals surface area contributed by atoms with Crippen LogP contribution in [0.4, 0.5) is 4.79 Å². The fourth-order valence-electron chi connectivity index (χ4n) is 1.88. The first-order valence-electron chi connectivity index (χ1n) is 7.24. The van der Waals surface area contributed by atoms with Crippen LogP contribution in [0.2, 0.25) is 19.6 Å². The van der Waals surface area contributed by atoms with Crippen molar-refractivity contribution in [3.8, 4) is 11.5 Å². The van der Waals surface area contributed by atoms with Gasteiger partial charge in [-0.3, -0.25) is 0 Å². The van der Waals surface area contributed by atoms with Crippen molar-refractivity contribution in [2.75, 3.05) is 13.1 Å². The summed E-state index contributed by atoms with van der Waals surface area (Å²) in [7, 11) is -1.29. The zero-order chi connectivity index (χ0) is 15.4. The number of carbonyl (C=O) groups excluding carboxylic acids is 1. The maximum atomic E-state index is 11.9. The maximum Gasteiger partial charge on any atom is 0.410 e. The molecule has 0 radical (unpaired) electrons. The lowest BCUT2D eigenvalue weighted by molar-refractivity contribution is 0.0291. The van der Waals surface area contributed by atoms with Crippen LogP contribution in [0.15, 0.2) is 12.2 Å². The van der Waals surface area contributed by atoms with E-state index in [4.69, 9.17) is 4.74 Å². The lowest BCUT2D eigenvalue weighted by atomic mass is 10.1. The number of hydrogen-bond acceptors (Lipinski definition) is 2. The van der Waals surface area contributed by atoms with Gasteiger partial charge in [-0.1, -0.05) is 31.6 Å². The van der Waals surface area contributed by atoms with Crippen LogP contribution in [0, 0.1) is 17.4 Å². The molecule has 0 spiro atoms. The van der Waals surface area contributed by atoms with Crippen LogP contribution in [0.3, 0.4) is 0 Å². The highest BCUT2D eigenvalue weighted by Crippen LogP contribution is 2.20. The lowest BCUT2D eigenvalue weighted by Gasteiger charge is -2.24. The third-order valence-electron chi connectivity index (χ3n) is 2.78. The summed E-state index contributed by atoms with van der Waals surface area (Å²) < 4.78 is 5.38. The minimum absolute atomic E-state index is 0.207. The molecule has 0 N–H and O–H groups in total. The molecule has 1 amide bonds. The number of carbonyl (C=O) groups is 1. The number of hydrogen-bond donors (Lipinski definition) is 0. The molecule has 1 heterocycles. The van der Waals surface area contributed by atoms with Gasteiger partial charge in [0.1, 0.15) is 13.7 Å². The first-order valence-corrected chi connectivity index (χ1v) is 10.7. The number of nitrogens with zero attached hydrogens (tertiary/aromatic N) is 1. The second-order valence-electron chi connectivity index (χ2n) is 7.35. The summed E-state index contributed by atoms with van der Waals surface area (Å²) in [5, 5.41) is 0. The first kappa shape index (κ1) is 16.8. The van der Waals surface area contributed by atoms with Crippen LogP contribution >= 0.6 is 0 Å². The second-order valence-corrected chi connectivity index (χ2v) is 12.1. The molecule has 20 heavy (non-hydrogen) atoms. The van der Waals surface area contributed by atoms with E-state index in [0.717, 1.165) is 19.5 Å². The quantitative estimate of drug-likeness (QED) is 0.545. The van der Waals surface area contributed by atoms with Gasteiger partial charge in [-0.25, -0.2) is 4.79 Å². The molecule has 1 atom stereocenters. The Hall–Kier alpha value is -1.21. The first-order chi connectivity index (χ1) is 9.07. The van der Waals surface area contributed by atoms with E-state index in [2.05, 4.69) is 37.2 Å². The van der Waals surface area contributed by atoms with Crippen molar-refractivity contribution in [1.29, 1.82) is 0 Å². The Balaban J connectivity index is 2.45. The smallest absolute Gasteiger partial charge is 0.410 e. The van der Waals surface area contributed by atoms with Gasteiger partial charge in [0.05, 0.1) is 0 Å². The van der Waals surface area contributed by atoms with Crippen LogP contribution in [0.5, 0.6) is 0 Å². The van der Waals surface area contributed by atoms with E-state index in [0.29, 0.717) is 5.92 Å². The monoisotopic (exact) mass is 293 g/mol. The van der Waals surface area contributed by atoms with E-state index in [-0.39, 0.29) is 6.09 Å². The minimum atomic E-state index is -1.29. The van der Waals surface area contributed by atoms with Crippen LogP contribution in [-0.4, -0.2) is 37.8 Å². The molecule has 0 aliphatic carbocycles. The van der Waals surface area contributed by atoms with Gasteiger partial charge >= 0.3 is 6.09 Å². The highest BCUT2D eigenvalue weighted by atomic mass is 28.3. The predicted molar refractivity (Wildman–Crippen MR) is 86.2 cm³/mol. The summed E-state index contributed by atoms with van der Waals surface area (Å²) in [5.41, 5.74) is 2.88. The van der Waals surface area contributed by atoms with Crippen molar-refractivity contribution in [3.63, 3.8) is 0 Å². The van der Waals surface area contributed by atoms with Crippen molar-refractivity contribution in [3.05, 3.63) is 12.2 Å². The van der Waals surface area contributed by atoms with Gasteiger partial charge < -0.3 is 9.64 Å². The van der Waals surface area contributed by atoms with Crippen LogP contribution in [-0.2, 0) is 4.74 Å². The highest BCUT2D eigenvalue weighted by Gasteiger charge is 2.28. The maximum absolute atomic E-state index is 11.9. The summed E-state index contributed by atoms with van der Waals surface area (Å²) in [6.45, 7) is 13.9. The third kappa shape index (κ3) is 6.81. The molecule has 1 fully saturated rings. The van der Waals surface area contributed by atoms with Gasteiger partial charge in [-0.05, 0) is 39.2 Å². The largest absolute Gasteiger partial charge is 0.444 e. The van der Waals surface area contributed by atoms with Crippen molar-refractivity contribution >= 4 is 14.2 Å². The molecule has 0 saturated carbocycles. The van der Waals surface area contributed by atoms with Gasteiger partial charge in [-0.2, -0.15) is 0 Å². The fourth-order valence-corrected chi connectivity index (χ4v) is 2.40. The van der Waals surface area contributed by atoms with E-state index in [1.807, 2.05) is 26.8 Å². The molecule has 1 rings (SSSR count). The average Bonchev–Trinajstić information content (AvgIpc) is 2.69. The lowest BCUT2D eigenvalue weighted by Crippen LogP contribution is -2.35. The SMILES string of the molecule is CC(C)(C)OC(=O)N1CCC(/C=C/C#C[Si](C)(C)C)C1. The molecule has 1 aliphatic rings. The Kier molecular flexibility index (Phi) is 5.47. The summed E-state index contributed by atoms with van der Waals surface area (Å²) in [6, 6.07) is 0. The van der Waals surface area contributed by atoms with Crippen molar-refractivity contribution in [2.45, 2.75) is 52.4 Å².